The van der Waals surface area contributed by atoms with Crippen LogP contribution in [-0.2, 0) is 0 Å². The summed E-state index contributed by atoms with van der Waals surface area (Å²) in [6, 6.07) is 4.19. The van der Waals surface area contributed by atoms with E-state index in [1.807, 2.05) is 0 Å². The number of hydrogen-bond acceptors (Lipinski definition) is 5. The van der Waals surface area contributed by atoms with Gasteiger partial charge in [-0.15, -0.1) is 11.3 Å². The minimum absolute atomic E-state index is 0.0508. The summed E-state index contributed by atoms with van der Waals surface area (Å²) < 4.78 is 0. The Balaban J connectivity index is 2.27. The summed E-state index contributed by atoms with van der Waals surface area (Å²) in [5.41, 5.74) is 5.83. The highest BCUT2D eigenvalue weighted by molar-refractivity contribution is 7.09. The van der Waals surface area contributed by atoms with Crippen LogP contribution in [0.3, 0.4) is 0 Å². The first-order chi connectivity index (χ1) is 9.90. The van der Waals surface area contributed by atoms with E-state index in [-0.39, 0.29) is 28.0 Å². The molecule has 0 aliphatic rings. The number of benzene rings is 1. The number of nitrogens with one attached hydrogen (secondary N) is 1. The van der Waals surface area contributed by atoms with Crippen LogP contribution in [-0.4, -0.2) is 22.0 Å². The van der Waals surface area contributed by atoms with Crippen molar-refractivity contribution in [1.82, 2.24) is 4.98 Å². The molecule has 0 aliphatic carbocycles. The van der Waals surface area contributed by atoms with Crippen LogP contribution in [0.5, 0.6) is 0 Å². The first-order valence-corrected chi connectivity index (χ1v) is 7.20. The standard InChI is InChI=1S/C13H12ClN3O3S/c1-6(15)12-17-9(5-21-12)11(18)16-8-4-2-3-7(14)10(8)13(19)20/h2-6H,15H2,1H3,(H,16,18)(H,19,20). The Labute approximate surface area is 129 Å². The third-order valence-corrected chi connectivity index (χ3v) is 3.98. The van der Waals surface area contributed by atoms with Gasteiger partial charge < -0.3 is 16.2 Å². The van der Waals surface area contributed by atoms with Gasteiger partial charge in [-0.05, 0) is 19.1 Å². The smallest absolute Gasteiger partial charge is 0.339 e. The number of aromatic nitrogens is 1. The lowest BCUT2D eigenvalue weighted by atomic mass is 10.1. The zero-order valence-corrected chi connectivity index (χ0v) is 12.5. The molecule has 0 spiro atoms. The first-order valence-electron chi connectivity index (χ1n) is 5.94. The van der Waals surface area contributed by atoms with Crippen LogP contribution in [0.1, 0.15) is 38.8 Å². The number of anilines is 1. The maximum atomic E-state index is 12.1. The molecule has 0 saturated heterocycles. The van der Waals surface area contributed by atoms with Crippen LogP contribution in [0, 0.1) is 0 Å². The molecule has 21 heavy (non-hydrogen) atoms. The molecule has 6 nitrogen and oxygen atoms in total. The molecule has 0 bridgehead atoms. The third-order valence-electron chi connectivity index (χ3n) is 2.62. The van der Waals surface area contributed by atoms with Crippen LogP contribution in [0.25, 0.3) is 0 Å². The van der Waals surface area contributed by atoms with Gasteiger partial charge in [0.2, 0.25) is 0 Å². The average molecular weight is 326 g/mol. The Hall–Kier alpha value is -1.96. The van der Waals surface area contributed by atoms with Crippen LogP contribution in [0.15, 0.2) is 23.6 Å². The number of thiazole rings is 1. The van der Waals surface area contributed by atoms with Gasteiger partial charge in [-0.2, -0.15) is 0 Å². The molecular formula is C13H12ClN3O3S. The number of hydrogen-bond donors (Lipinski definition) is 3. The van der Waals surface area contributed by atoms with Crippen molar-refractivity contribution in [1.29, 1.82) is 0 Å². The SMILES string of the molecule is CC(N)c1nc(C(=O)Nc2cccc(Cl)c2C(=O)O)cs1. The summed E-state index contributed by atoms with van der Waals surface area (Å²) >= 11 is 7.11. The van der Waals surface area contributed by atoms with Crippen LogP contribution < -0.4 is 11.1 Å². The highest BCUT2D eigenvalue weighted by Gasteiger charge is 2.18. The Bertz CT molecular complexity index is 700. The predicted molar refractivity (Wildman–Crippen MR) is 81.1 cm³/mol. The fourth-order valence-corrected chi connectivity index (χ4v) is 2.65. The molecule has 110 valence electrons. The van der Waals surface area contributed by atoms with Gasteiger partial charge in [-0.25, -0.2) is 9.78 Å². The second-order valence-corrected chi connectivity index (χ2v) is 5.58. The summed E-state index contributed by atoms with van der Waals surface area (Å²) in [7, 11) is 0. The number of carboxylic acids is 1. The number of carboxylic acid groups (broad SMARTS) is 1. The quantitative estimate of drug-likeness (QED) is 0.801. The molecule has 0 aliphatic heterocycles. The van der Waals surface area contributed by atoms with Crippen molar-refractivity contribution < 1.29 is 14.7 Å². The lowest BCUT2D eigenvalue weighted by molar-refractivity contribution is 0.0698. The van der Waals surface area contributed by atoms with Gasteiger partial charge in [0.1, 0.15) is 16.3 Å². The summed E-state index contributed by atoms with van der Waals surface area (Å²) in [5.74, 6) is -1.73. The molecule has 0 saturated carbocycles. The van der Waals surface area contributed by atoms with Gasteiger partial charge in [0.05, 0.1) is 16.8 Å². The van der Waals surface area contributed by atoms with E-state index < -0.39 is 11.9 Å². The second kappa shape index (κ2) is 6.21. The average Bonchev–Trinajstić information content (AvgIpc) is 2.88. The molecule has 2 rings (SSSR count). The van der Waals surface area contributed by atoms with Crippen molar-refractivity contribution in [2.75, 3.05) is 5.32 Å². The Morgan fingerprint density at radius 2 is 2.19 bits per heavy atom. The lowest BCUT2D eigenvalue weighted by Gasteiger charge is -2.08. The van der Waals surface area contributed by atoms with E-state index in [2.05, 4.69) is 10.3 Å². The molecule has 0 radical (unpaired) electrons. The van der Waals surface area contributed by atoms with E-state index >= 15 is 0 Å². The number of nitrogens with zero attached hydrogens (tertiary/aromatic N) is 1. The number of rotatable bonds is 4. The summed E-state index contributed by atoms with van der Waals surface area (Å²) in [5, 5.41) is 13.9. The molecule has 1 unspecified atom stereocenters. The van der Waals surface area contributed by atoms with Crippen molar-refractivity contribution in [3.05, 3.63) is 44.9 Å². The monoisotopic (exact) mass is 325 g/mol. The Morgan fingerprint density at radius 1 is 1.48 bits per heavy atom. The fourth-order valence-electron chi connectivity index (χ4n) is 1.63. The highest BCUT2D eigenvalue weighted by Crippen LogP contribution is 2.25. The molecule has 2 aromatic rings. The minimum atomic E-state index is -1.22. The van der Waals surface area contributed by atoms with Crippen LogP contribution >= 0.6 is 22.9 Å². The predicted octanol–water partition coefficient (Wildman–Crippen LogP) is 2.77. The molecular weight excluding hydrogens is 314 g/mol. The highest BCUT2D eigenvalue weighted by atomic mass is 35.5. The van der Waals surface area contributed by atoms with Gasteiger partial charge >= 0.3 is 5.97 Å². The molecule has 1 amide bonds. The van der Waals surface area contributed by atoms with Crippen LogP contribution in [0.2, 0.25) is 5.02 Å². The number of halogens is 1. The molecule has 1 aromatic heterocycles. The molecule has 1 aromatic carbocycles. The molecule has 1 atom stereocenters. The number of nitrogens with two attached hydrogens (primary N) is 1. The van der Waals surface area contributed by atoms with E-state index in [9.17, 15) is 9.59 Å². The summed E-state index contributed by atoms with van der Waals surface area (Å²) in [6.45, 7) is 1.76. The van der Waals surface area contributed by atoms with E-state index in [1.165, 1.54) is 23.5 Å². The fraction of sp³-hybridized carbons (Fsp3) is 0.154. The molecule has 4 N–H and O–H groups in total. The van der Waals surface area contributed by atoms with Crippen molar-refractivity contribution >= 4 is 40.5 Å². The zero-order valence-electron chi connectivity index (χ0n) is 11.0. The summed E-state index contributed by atoms with van der Waals surface area (Å²) in [6.07, 6.45) is 0. The van der Waals surface area contributed by atoms with Gasteiger partial charge in [0, 0.05) is 5.38 Å². The topological polar surface area (TPSA) is 105 Å². The van der Waals surface area contributed by atoms with Crippen molar-refractivity contribution in [2.24, 2.45) is 5.73 Å². The Morgan fingerprint density at radius 3 is 2.76 bits per heavy atom. The third kappa shape index (κ3) is 3.38. The van der Waals surface area contributed by atoms with E-state index in [0.29, 0.717) is 5.01 Å². The van der Waals surface area contributed by atoms with E-state index in [0.717, 1.165) is 0 Å². The second-order valence-electron chi connectivity index (χ2n) is 4.28. The Kier molecular flexibility index (Phi) is 4.56. The lowest BCUT2D eigenvalue weighted by Crippen LogP contribution is -2.16. The van der Waals surface area contributed by atoms with Gasteiger partial charge in [-0.3, -0.25) is 4.79 Å². The van der Waals surface area contributed by atoms with Crippen molar-refractivity contribution in [3.8, 4) is 0 Å². The number of amides is 1. The molecule has 1 heterocycles. The molecule has 0 fully saturated rings. The van der Waals surface area contributed by atoms with Crippen molar-refractivity contribution in [2.45, 2.75) is 13.0 Å². The van der Waals surface area contributed by atoms with Crippen molar-refractivity contribution in [3.63, 3.8) is 0 Å². The maximum Gasteiger partial charge on any atom is 0.339 e. The molecule has 8 heteroatoms. The van der Waals surface area contributed by atoms with Gasteiger partial charge in [-0.1, -0.05) is 17.7 Å². The number of aromatic carboxylic acids is 1. The van der Waals surface area contributed by atoms with Gasteiger partial charge in [0.15, 0.2) is 0 Å². The van der Waals surface area contributed by atoms with Gasteiger partial charge in [0.25, 0.3) is 5.91 Å². The first kappa shape index (κ1) is 15.4. The zero-order chi connectivity index (χ0) is 15.6. The summed E-state index contributed by atoms with van der Waals surface area (Å²) in [4.78, 5) is 27.4. The maximum absolute atomic E-state index is 12.1. The normalized spacial score (nSPS) is 12.0. The van der Waals surface area contributed by atoms with Crippen LogP contribution in [0.4, 0.5) is 5.69 Å². The number of carbonyl (C=O) groups excluding carboxylic acids is 1. The minimum Gasteiger partial charge on any atom is -0.478 e. The largest absolute Gasteiger partial charge is 0.478 e. The van der Waals surface area contributed by atoms with E-state index in [1.54, 1.807) is 18.4 Å². The van der Waals surface area contributed by atoms with E-state index in [4.69, 9.17) is 22.4 Å². The number of carbonyl (C=O) groups is 2.